The lowest BCUT2D eigenvalue weighted by molar-refractivity contribution is -0.385. The van der Waals surface area contributed by atoms with Crippen LogP contribution in [0.5, 0.6) is 0 Å². The van der Waals surface area contributed by atoms with Gasteiger partial charge in [0.25, 0.3) is 5.69 Å². The Morgan fingerprint density at radius 3 is 2.88 bits per heavy atom. The van der Waals surface area contributed by atoms with Gasteiger partial charge in [0.05, 0.1) is 4.92 Å². The van der Waals surface area contributed by atoms with E-state index in [1.807, 2.05) is 6.07 Å². The summed E-state index contributed by atoms with van der Waals surface area (Å²) >= 11 is 0. The number of hydrogen-bond acceptors (Lipinski definition) is 4. The molecule has 1 aliphatic heterocycles. The van der Waals surface area contributed by atoms with Gasteiger partial charge in [-0.05, 0) is 50.3 Å². The molecule has 7 heteroatoms. The molecule has 1 aliphatic rings. The molecule has 0 bridgehead atoms. The van der Waals surface area contributed by atoms with Gasteiger partial charge in [-0.3, -0.25) is 14.9 Å². The average molecular weight is 356 g/mol. The van der Waals surface area contributed by atoms with Gasteiger partial charge >= 0.3 is 0 Å². The highest BCUT2D eigenvalue weighted by atomic mass is 35.5. The summed E-state index contributed by atoms with van der Waals surface area (Å²) in [4.78, 5) is 22.7. The van der Waals surface area contributed by atoms with Gasteiger partial charge in [-0.1, -0.05) is 19.1 Å². The zero-order chi connectivity index (χ0) is 16.8. The lowest BCUT2D eigenvalue weighted by Gasteiger charge is -2.28. The Morgan fingerprint density at radius 2 is 2.25 bits per heavy atom. The molecule has 2 atom stereocenters. The number of carbonyl (C=O) groups excluding carboxylic acids is 1. The number of rotatable bonds is 6. The fraction of sp³-hybridized carbons (Fsp3) is 0.588. The Labute approximate surface area is 149 Å². The van der Waals surface area contributed by atoms with E-state index in [1.54, 1.807) is 13.0 Å². The molecule has 134 valence electrons. The summed E-state index contributed by atoms with van der Waals surface area (Å²) < 4.78 is 0. The van der Waals surface area contributed by atoms with Crippen LogP contribution < -0.4 is 10.6 Å². The Hall–Kier alpha value is -1.66. The van der Waals surface area contributed by atoms with E-state index in [0.29, 0.717) is 30.4 Å². The molecule has 1 aromatic rings. The fourth-order valence-electron chi connectivity index (χ4n) is 3.15. The summed E-state index contributed by atoms with van der Waals surface area (Å²) in [6.07, 6.45) is 2.84. The molecule has 0 aliphatic carbocycles. The Balaban J connectivity index is 0.00000288. The van der Waals surface area contributed by atoms with E-state index >= 15 is 0 Å². The smallest absolute Gasteiger partial charge is 0.272 e. The van der Waals surface area contributed by atoms with Crippen LogP contribution in [0, 0.1) is 28.9 Å². The van der Waals surface area contributed by atoms with E-state index in [1.165, 1.54) is 18.9 Å². The number of nitro groups is 1. The number of nitro benzene ring substituents is 1. The predicted molar refractivity (Wildman–Crippen MR) is 96.3 cm³/mol. The van der Waals surface area contributed by atoms with Crippen molar-refractivity contribution in [2.24, 2.45) is 11.8 Å². The molecular formula is C17H26ClN3O3. The van der Waals surface area contributed by atoms with Crippen LogP contribution in [0.15, 0.2) is 18.2 Å². The molecule has 1 heterocycles. The molecule has 24 heavy (non-hydrogen) atoms. The van der Waals surface area contributed by atoms with Crippen LogP contribution in [-0.4, -0.2) is 23.9 Å². The minimum Gasteiger partial charge on any atom is -0.352 e. The molecule has 2 N–H and O–H groups in total. The first kappa shape index (κ1) is 20.4. The maximum atomic E-state index is 12.1. The van der Waals surface area contributed by atoms with Crippen molar-refractivity contribution in [2.75, 3.05) is 13.1 Å². The van der Waals surface area contributed by atoms with Crippen molar-refractivity contribution in [3.8, 4) is 0 Å². The van der Waals surface area contributed by atoms with Crippen LogP contribution in [0.25, 0.3) is 0 Å². The zero-order valence-corrected chi connectivity index (χ0v) is 15.0. The van der Waals surface area contributed by atoms with Gasteiger partial charge in [-0.25, -0.2) is 0 Å². The second kappa shape index (κ2) is 9.59. The standard InChI is InChI=1S/C17H25N3O3.ClH/c1-12(14-6-4-8-18-10-14)9-17(21)19-11-15-5-3-7-16(13(15)2)20(22)23;/h3,5,7,12,14,18H,4,6,8-11H2,1-2H3,(H,19,21);1H. The molecule has 1 fully saturated rings. The molecular weight excluding hydrogens is 330 g/mol. The Morgan fingerprint density at radius 1 is 1.50 bits per heavy atom. The largest absolute Gasteiger partial charge is 0.352 e. The Kier molecular flexibility index (Phi) is 8.15. The topological polar surface area (TPSA) is 84.3 Å². The quantitative estimate of drug-likeness (QED) is 0.607. The third-order valence-electron chi connectivity index (χ3n) is 4.74. The molecule has 1 aromatic carbocycles. The van der Waals surface area contributed by atoms with Crippen molar-refractivity contribution in [3.63, 3.8) is 0 Å². The lowest BCUT2D eigenvalue weighted by Crippen LogP contribution is -2.35. The van der Waals surface area contributed by atoms with Crippen molar-refractivity contribution in [1.29, 1.82) is 0 Å². The number of hydrogen-bond donors (Lipinski definition) is 2. The lowest BCUT2D eigenvalue weighted by atomic mass is 9.85. The molecule has 0 aromatic heterocycles. The summed E-state index contributed by atoms with van der Waals surface area (Å²) in [6, 6.07) is 4.96. The van der Waals surface area contributed by atoms with Crippen molar-refractivity contribution < 1.29 is 9.72 Å². The highest BCUT2D eigenvalue weighted by Gasteiger charge is 2.22. The average Bonchev–Trinajstić information content (AvgIpc) is 2.54. The first-order chi connectivity index (χ1) is 11.0. The molecule has 0 saturated carbocycles. The molecule has 6 nitrogen and oxygen atoms in total. The summed E-state index contributed by atoms with van der Waals surface area (Å²) in [6.45, 7) is 6.23. The predicted octanol–water partition coefficient (Wildman–Crippen LogP) is 2.97. The molecule has 1 amide bonds. The monoisotopic (exact) mass is 355 g/mol. The number of amides is 1. The second-order valence-corrected chi connectivity index (χ2v) is 6.38. The molecule has 0 radical (unpaired) electrons. The van der Waals surface area contributed by atoms with Crippen LogP contribution in [0.3, 0.4) is 0 Å². The third kappa shape index (κ3) is 5.46. The molecule has 2 rings (SSSR count). The highest BCUT2D eigenvalue weighted by molar-refractivity contribution is 5.85. The van der Waals surface area contributed by atoms with E-state index in [2.05, 4.69) is 17.6 Å². The number of halogens is 1. The molecule has 2 unspecified atom stereocenters. The van der Waals surface area contributed by atoms with Gasteiger partial charge in [0.2, 0.25) is 5.91 Å². The number of benzene rings is 1. The van der Waals surface area contributed by atoms with E-state index in [9.17, 15) is 14.9 Å². The number of carbonyl (C=O) groups is 1. The minimum atomic E-state index is -0.390. The fourth-order valence-corrected chi connectivity index (χ4v) is 3.15. The SMILES string of the molecule is Cc1c(CNC(=O)CC(C)C2CCCNC2)cccc1[N+](=O)[O-].Cl. The van der Waals surface area contributed by atoms with Crippen LogP contribution in [0.2, 0.25) is 0 Å². The first-order valence-corrected chi connectivity index (χ1v) is 8.19. The van der Waals surface area contributed by atoms with Gasteiger partial charge in [0, 0.05) is 24.6 Å². The van der Waals surface area contributed by atoms with Crippen molar-refractivity contribution in [2.45, 2.75) is 39.7 Å². The maximum Gasteiger partial charge on any atom is 0.272 e. The van der Waals surface area contributed by atoms with Gasteiger partial charge in [0.15, 0.2) is 0 Å². The number of nitrogens with zero attached hydrogens (tertiary/aromatic N) is 1. The van der Waals surface area contributed by atoms with E-state index in [-0.39, 0.29) is 24.0 Å². The normalized spacial score (nSPS) is 18.3. The Bertz CT molecular complexity index is 574. The molecule has 0 spiro atoms. The van der Waals surface area contributed by atoms with Gasteiger partial charge in [0.1, 0.15) is 0 Å². The van der Waals surface area contributed by atoms with Crippen LogP contribution in [0.4, 0.5) is 5.69 Å². The highest BCUT2D eigenvalue weighted by Crippen LogP contribution is 2.23. The van der Waals surface area contributed by atoms with Crippen molar-refractivity contribution in [3.05, 3.63) is 39.4 Å². The van der Waals surface area contributed by atoms with Crippen LogP contribution in [-0.2, 0) is 11.3 Å². The van der Waals surface area contributed by atoms with Gasteiger partial charge in [-0.15, -0.1) is 12.4 Å². The number of nitrogens with one attached hydrogen (secondary N) is 2. The van der Waals surface area contributed by atoms with Gasteiger partial charge in [-0.2, -0.15) is 0 Å². The summed E-state index contributed by atoms with van der Waals surface area (Å²) in [7, 11) is 0. The van der Waals surface area contributed by atoms with Crippen molar-refractivity contribution in [1.82, 2.24) is 10.6 Å². The van der Waals surface area contributed by atoms with E-state index in [4.69, 9.17) is 0 Å². The third-order valence-corrected chi connectivity index (χ3v) is 4.74. The van der Waals surface area contributed by atoms with Crippen molar-refractivity contribution >= 4 is 24.0 Å². The summed E-state index contributed by atoms with van der Waals surface area (Å²) in [5, 5.41) is 17.2. The summed E-state index contributed by atoms with van der Waals surface area (Å²) in [5.41, 5.74) is 1.50. The first-order valence-electron chi connectivity index (χ1n) is 8.19. The molecule has 1 saturated heterocycles. The minimum absolute atomic E-state index is 0. The van der Waals surface area contributed by atoms with Gasteiger partial charge < -0.3 is 10.6 Å². The maximum absolute atomic E-state index is 12.1. The van der Waals surface area contributed by atoms with Crippen LogP contribution in [0.1, 0.15) is 37.3 Å². The zero-order valence-electron chi connectivity index (χ0n) is 14.2. The van der Waals surface area contributed by atoms with Crippen LogP contribution >= 0.6 is 12.4 Å². The van der Waals surface area contributed by atoms with E-state index < -0.39 is 4.92 Å². The second-order valence-electron chi connectivity index (χ2n) is 6.38. The number of piperidine rings is 1. The van der Waals surface area contributed by atoms with E-state index in [0.717, 1.165) is 18.7 Å². The summed E-state index contributed by atoms with van der Waals surface area (Å²) in [5.74, 6) is 0.900.